The van der Waals surface area contributed by atoms with E-state index in [1.165, 1.54) is 19.4 Å². The summed E-state index contributed by atoms with van der Waals surface area (Å²) in [5.41, 5.74) is 2.58. The van der Waals surface area contributed by atoms with E-state index in [0.29, 0.717) is 17.0 Å². The van der Waals surface area contributed by atoms with Crippen LogP contribution in [-0.4, -0.2) is 35.2 Å². The van der Waals surface area contributed by atoms with Crippen LogP contribution in [0.15, 0.2) is 47.6 Å². The van der Waals surface area contributed by atoms with Gasteiger partial charge in [0.05, 0.1) is 23.9 Å². The summed E-state index contributed by atoms with van der Waals surface area (Å²) in [7, 11) is 1.49. The van der Waals surface area contributed by atoms with Gasteiger partial charge < -0.3 is 15.2 Å². The minimum absolute atomic E-state index is 0.0654. The fourth-order valence-electron chi connectivity index (χ4n) is 2.19. The van der Waals surface area contributed by atoms with Crippen LogP contribution < -0.4 is 15.5 Å². The summed E-state index contributed by atoms with van der Waals surface area (Å²) >= 11 is 0. The van der Waals surface area contributed by atoms with E-state index in [0.717, 1.165) is 12.1 Å². The van der Waals surface area contributed by atoms with Crippen molar-refractivity contribution in [3.05, 3.63) is 58.1 Å². The molecule has 0 fully saturated rings. The molecule has 10 nitrogen and oxygen atoms in total. The molecule has 0 heterocycles. The van der Waals surface area contributed by atoms with Crippen LogP contribution in [0.1, 0.15) is 18.4 Å². The second-order valence-corrected chi connectivity index (χ2v) is 5.55. The van der Waals surface area contributed by atoms with E-state index >= 15 is 0 Å². The van der Waals surface area contributed by atoms with E-state index in [4.69, 9.17) is 4.74 Å². The molecule has 0 aliphatic rings. The molecule has 0 bridgehead atoms. The number of carbonyl (C=O) groups excluding carboxylic acids is 2. The van der Waals surface area contributed by atoms with Crippen molar-refractivity contribution in [2.75, 3.05) is 12.4 Å². The van der Waals surface area contributed by atoms with Crippen molar-refractivity contribution in [2.45, 2.75) is 12.8 Å². The molecule has 2 aromatic carbocycles. The number of ether oxygens (including phenoxy) is 1. The highest BCUT2D eigenvalue weighted by atomic mass is 16.6. The van der Waals surface area contributed by atoms with E-state index in [-0.39, 0.29) is 18.7 Å². The molecule has 0 saturated heterocycles. The number of phenols is 1. The van der Waals surface area contributed by atoms with Gasteiger partial charge in [-0.3, -0.25) is 19.7 Å². The first kappa shape index (κ1) is 20.4. The number of methoxy groups -OCH3 is 1. The smallest absolute Gasteiger partial charge is 0.311 e. The molecule has 2 amide bonds. The van der Waals surface area contributed by atoms with Gasteiger partial charge in [-0.05, 0) is 24.3 Å². The van der Waals surface area contributed by atoms with Gasteiger partial charge in [0.1, 0.15) is 5.75 Å². The SMILES string of the molecule is COc1ccccc1NC(=O)CCC(=O)NN=Cc1ccc(O)c([N+](=O)[O-])c1. The van der Waals surface area contributed by atoms with E-state index in [2.05, 4.69) is 15.8 Å². The number of carbonyl (C=O) groups is 2. The van der Waals surface area contributed by atoms with Crippen LogP contribution in [-0.2, 0) is 9.59 Å². The van der Waals surface area contributed by atoms with Gasteiger partial charge in [-0.25, -0.2) is 5.43 Å². The summed E-state index contributed by atoms with van der Waals surface area (Å²) in [6, 6.07) is 10.6. The lowest BCUT2D eigenvalue weighted by molar-refractivity contribution is -0.385. The topological polar surface area (TPSA) is 143 Å². The quantitative estimate of drug-likeness (QED) is 0.360. The molecule has 2 aromatic rings. The van der Waals surface area contributed by atoms with Gasteiger partial charge in [0, 0.05) is 24.5 Å². The average Bonchev–Trinajstić information content (AvgIpc) is 2.68. The predicted octanol–water partition coefficient (Wildman–Crippen LogP) is 2.18. The maximum absolute atomic E-state index is 11.9. The zero-order chi connectivity index (χ0) is 20.5. The molecular formula is C18H18N4O6. The Kier molecular flexibility index (Phi) is 7.03. The van der Waals surface area contributed by atoms with Crippen LogP contribution in [0.25, 0.3) is 0 Å². The lowest BCUT2D eigenvalue weighted by Gasteiger charge is -2.09. The van der Waals surface area contributed by atoms with Gasteiger partial charge in [0.2, 0.25) is 11.8 Å². The van der Waals surface area contributed by atoms with Gasteiger partial charge in [-0.1, -0.05) is 12.1 Å². The van der Waals surface area contributed by atoms with Crippen LogP contribution >= 0.6 is 0 Å². The fourth-order valence-corrected chi connectivity index (χ4v) is 2.19. The molecule has 28 heavy (non-hydrogen) atoms. The summed E-state index contributed by atoms with van der Waals surface area (Å²) in [4.78, 5) is 33.7. The van der Waals surface area contributed by atoms with Crippen molar-refractivity contribution in [3.8, 4) is 11.5 Å². The molecule has 10 heteroatoms. The molecule has 0 aliphatic carbocycles. The summed E-state index contributed by atoms with van der Waals surface area (Å²) in [6.45, 7) is 0. The van der Waals surface area contributed by atoms with Gasteiger partial charge >= 0.3 is 5.69 Å². The fraction of sp³-hybridized carbons (Fsp3) is 0.167. The lowest BCUT2D eigenvalue weighted by atomic mass is 10.2. The summed E-state index contributed by atoms with van der Waals surface area (Å²) in [5.74, 6) is -0.822. The van der Waals surface area contributed by atoms with Crippen molar-refractivity contribution in [2.24, 2.45) is 5.10 Å². The highest BCUT2D eigenvalue weighted by molar-refractivity contribution is 5.94. The van der Waals surface area contributed by atoms with Gasteiger partial charge in [-0.2, -0.15) is 5.10 Å². The number of hydrazone groups is 1. The number of rotatable bonds is 8. The minimum atomic E-state index is -0.731. The van der Waals surface area contributed by atoms with E-state index in [1.807, 2.05) is 0 Å². The Morgan fingerprint density at radius 2 is 1.93 bits per heavy atom. The third-order valence-electron chi connectivity index (χ3n) is 3.56. The molecule has 2 rings (SSSR count). The summed E-state index contributed by atoms with van der Waals surface area (Å²) < 4.78 is 5.13. The van der Waals surface area contributed by atoms with Crippen molar-refractivity contribution in [3.63, 3.8) is 0 Å². The molecule has 0 aliphatic heterocycles. The van der Waals surface area contributed by atoms with Crippen LogP contribution in [0.2, 0.25) is 0 Å². The third-order valence-corrected chi connectivity index (χ3v) is 3.56. The Labute approximate surface area is 160 Å². The maximum atomic E-state index is 11.9. The first-order chi connectivity index (χ1) is 13.4. The molecule has 0 spiro atoms. The largest absolute Gasteiger partial charge is 0.502 e. The van der Waals surface area contributed by atoms with Crippen molar-refractivity contribution >= 4 is 29.4 Å². The third kappa shape index (κ3) is 5.80. The molecule has 146 valence electrons. The van der Waals surface area contributed by atoms with E-state index in [1.54, 1.807) is 24.3 Å². The van der Waals surface area contributed by atoms with Gasteiger partial charge in [-0.15, -0.1) is 0 Å². The Morgan fingerprint density at radius 3 is 2.64 bits per heavy atom. The summed E-state index contributed by atoms with van der Waals surface area (Å²) in [5, 5.41) is 26.5. The molecule has 0 saturated carbocycles. The van der Waals surface area contributed by atoms with Crippen LogP contribution in [0.3, 0.4) is 0 Å². The summed E-state index contributed by atoms with van der Waals surface area (Å²) in [6.07, 6.45) is 1.03. The number of amides is 2. The molecule has 0 aromatic heterocycles. The standard InChI is InChI=1S/C18H18N4O6/c1-28-16-5-3-2-4-13(16)20-17(24)8-9-18(25)21-19-11-12-6-7-15(23)14(10-12)22(26)27/h2-7,10-11,23H,8-9H2,1H3,(H,20,24)(H,21,25). The normalized spacial score (nSPS) is 10.5. The van der Waals surface area contributed by atoms with Crippen LogP contribution in [0.4, 0.5) is 11.4 Å². The van der Waals surface area contributed by atoms with Crippen molar-refractivity contribution in [1.29, 1.82) is 0 Å². The first-order valence-electron chi connectivity index (χ1n) is 8.13. The maximum Gasteiger partial charge on any atom is 0.311 e. The molecule has 0 unspecified atom stereocenters. The number of nitrogens with one attached hydrogen (secondary N) is 2. The van der Waals surface area contributed by atoms with E-state index < -0.39 is 22.3 Å². The zero-order valence-electron chi connectivity index (χ0n) is 14.9. The number of benzene rings is 2. The molecule has 3 N–H and O–H groups in total. The second kappa shape index (κ2) is 9.67. The van der Waals surface area contributed by atoms with E-state index in [9.17, 15) is 24.8 Å². The highest BCUT2D eigenvalue weighted by Gasteiger charge is 2.13. The van der Waals surface area contributed by atoms with Crippen molar-refractivity contribution < 1.29 is 24.4 Å². The number of para-hydroxylation sites is 2. The molecule has 0 radical (unpaired) electrons. The number of nitro benzene ring substituents is 1. The number of nitrogens with zero attached hydrogens (tertiary/aromatic N) is 2. The predicted molar refractivity (Wildman–Crippen MR) is 101 cm³/mol. The lowest BCUT2D eigenvalue weighted by Crippen LogP contribution is -2.20. The number of anilines is 1. The Balaban J connectivity index is 1.82. The second-order valence-electron chi connectivity index (χ2n) is 5.55. The van der Waals surface area contributed by atoms with Crippen LogP contribution in [0, 0.1) is 10.1 Å². The molecule has 0 atom stereocenters. The van der Waals surface area contributed by atoms with Gasteiger partial charge in [0.15, 0.2) is 5.75 Å². The number of aromatic hydroxyl groups is 1. The monoisotopic (exact) mass is 386 g/mol. The van der Waals surface area contributed by atoms with Gasteiger partial charge in [0.25, 0.3) is 0 Å². The Bertz CT molecular complexity index is 913. The number of nitro groups is 1. The first-order valence-corrected chi connectivity index (χ1v) is 8.13. The number of phenolic OH excluding ortho intramolecular Hbond substituents is 1. The highest BCUT2D eigenvalue weighted by Crippen LogP contribution is 2.25. The Hall–Kier alpha value is -3.95. The zero-order valence-corrected chi connectivity index (χ0v) is 14.9. The number of hydrogen-bond donors (Lipinski definition) is 3. The number of hydrogen-bond acceptors (Lipinski definition) is 7. The van der Waals surface area contributed by atoms with Crippen molar-refractivity contribution in [1.82, 2.24) is 5.43 Å². The van der Waals surface area contributed by atoms with Crippen LogP contribution in [0.5, 0.6) is 11.5 Å². The minimum Gasteiger partial charge on any atom is -0.502 e. The Morgan fingerprint density at radius 1 is 1.21 bits per heavy atom. The molecular weight excluding hydrogens is 368 g/mol. The average molecular weight is 386 g/mol.